The lowest BCUT2D eigenvalue weighted by Crippen LogP contribution is -2.17. The fourth-order valence-corrected chi connectivity index (χ4v) is 3.30. The molecule has 0 bridgehead atoms. The molecule has 1 aliphatic carbocycles. The SMILES string of the molecule is CCCC.Cc1nc2c(s1)C(=O)CC(c1ccccc1)C2. The Bertz CT molecular complexity index is 587. The van der Waals surface area contributed by atoms with Crippen molar-refractivity contribution in [3.63, 3.8) is 0 Å². The number of fused-ring (bicyclic) bond motifs is 1. The molecule has 0 saturated heterocycles. The molecule has 0 saturated carbocycles. The van der Waals surface area contributed by atoms with Crippen LogP contribution in [-0.4, -0.2) is 10.8 Å². The molecule has 0 radical (unpaired) electrons. The molecule has 1 aromatic heterocycles. The summed E-state index contributed by atoms with van der Waals surface area (Å²) in [5.74, 6) is 0.559. The van der Waals surface area contributed by atoms with Gasteiger partial charge in [-0.05, 0) is 24.8 Å². The molecule has 0 spiro atoms. The van der Waals surface area contributed by atoms with E-state index in [1.807, 2.05) is 25.1 Å². The highest BCUT2D eigenvalue weighted by Crippen LogP contribution is 2.34. The summed E-state index contributed by atoms with van der Waals surface area (Å²) >= 11 is 1.53. The topological polar surface area (TPSA) is 30.0 Å². The lowest BCUT2D eigenvalue weighted by molar-refractivity contribution is 0.0968. The first kappa shape index (κ1) is 15.9. The number of carbonyl (C=O) groups excluding carboxylic acids is 1. The number of hydrogen-bond donors (Lipinski definition) is 0. The Hall–Kier alpha value is -1.48. The normalized spacial score (nSPS) is 16.9. The number of aryl methyl sites for hydroxylation is 1. The second-order valence-corrected chi connectivity index (χ2v) is 6.65. The maximum atomic E-state index is 12.1. The van der Waals surface area contributed by atoms with Crippen LogP contribution in [0, 0.1) is 6.92 Å². The van der Waals surface area contributed by atoms with E-state index in [0.29, 0.717) is 12.3 Å². The number of aromatic nitrogens is 1. The molecule has 1 aromatic carbocycles. The minimum absolute atomic E-state index is 0.255. The summed E-state index contributed by atoms with van der Waals surface area (Å²) in [5, 5.41) is 0.997. The molecular weight excluding hydrogens is 278 g/mol. The lowest BCUT2D eigenvalue weighted by Gasteiger charge is -2.20. The van der Waals surface area contributed by atoms with E-state index < -0.39 is 0 Å². The third kappa shape index (κ3) is 4.01. The van der Waals surface area contributed by atoms with E-state index in [0.717, 1.165) is 22.0 Å². The van der Waals surface area contributed by atoms with Gasteiger partial charge in [-0.1, -0.05) is 57.0 Å². The summed E-state index contributed by atoms with van der Waals surface area (Å²) in [5.41, 5.74) is 2.25. The van der Waals surface area contributed by atoms with Gasteiger partial charge < -0.3 is 0 Å². The van der Waals surface area contributed by atoms with Crippen LogP contribution in [0.5, 0.6) is 0 Å². The highest BCUT2D eigenvalue weighted by atomic mass is 32.1. The Labute approximate surface area is 131 Å². The maximum absolute atomic E-state index is 12.1. The molecule has 21 heavy (non-hydrogen) atoms. The third-order valence-electron chi connectivity index (χ3n) is 3.70. The van der Waals surface area contributed by atoms with Gasteiger partial charge in [-0.3, -0.25) is 4.79 Å². The average molecular weight is 301 g/mol. The molecule has 3 rings (SSSR count). The predicted octanol–water partition coefficient (Wildman–Crippen LogP) is 5.17. The molecule has 0 N–H and O–H groups in total. The summed E-state index contributed by atoms with van der Waals surface area (Å²) in [6.45, 7) is 6.33. The van der Waals surface area contributed by atoms with Gasteiger partial charge in [0.15, 0.2) is 5.78 Å². The van der Waals surface area contributed by atoms with Gasteiger partial charge in [0.2, 0.25) is 0 Å². The Balaban J connectivity index is 0.000000361. The lowest BCUT2D eigenvalue weighted by atomic mass is 9.85. The van der Waals surface area contributed by atoms with E-state index in [1.54, 1.807) is 0 Å². The van der Waals surface area contributed by atoms with Crippen LogP contribution in [0.1, 0.15) is 65.0 Å². The number of nitrogens with zero attached hydrogens (tertiary/aromatic N) is 1. The number of rotatable bonds is 2. The molecule has 1 aliphatic rings. The van der Waals surface area contributed by atoms with Gasteiger partial charge in [0.1, 0.15) is 0 Å². The monoisotopic (exact) mass is 301 g/mol. The van der Waals surface area contributed by atoms with Crippen molar-refractivity contribution >= 4 is 17.1 Å². The molecular formula is C18H23NOS. The van der Waals surface area contributed by atoms with Crippen LogP contribution in [0.4, 0.5) is 0 Å². The summed E-state index contributed by atoms with van der Waals surface area (Å²) in [6, 6.07) is 10.3. The smallest absolute Gasteiger partial charge is 0.175 e. The summed E-state index contributed by atoms with van der Waals surface area (Å²) in [7, 11) is 0. The highest BCUT2D eigenvalue weighted by molar-refractivity contribution is 7.13. The van der Waals surface area contributed by atoms with Crippen molar-refractivity contribution in [3.8, 4) is 0 Å². The summed E-state index contributed by atoms with van der Waals surface area (Å²) in [4.78, 5) is 17.4. The number of thiazole rings is 1. The minimum atomic E-state index is 0.255. The summed E-state index contributed by atoms with van der Waals surface area (Å²) in [6.07, 6.45) is 4.16. The number of unbranched alkanes of at least 4 members (excludes halogenated alkanes) is 1. The quantitative estimate of drug-likeness (QED) is 0.766. The van der Waals surface area contributed by atoms with E-state index in [2.05, 4.69) is 31.0 Å². The van der Waals surface area contributed by atoms with Crippen LogP contribution in [0.3, 0.4) is 0 Å². The number of Topliss-reactive ketones (excluding diaryl/α,β-unsaturated/α-hetero) is 1. The van der Waals surface area contributed by atoms with Gasteiger partial charge in [-0.2, -0.15) is 0 Å². The molecule has 0 fully saturated rings. The fraction of sp³-hybridized carbons (Fsp3) is 0.444. The van der Waals surface area contributed by atoms with Crippen LogP contribution in [-0.2, 0) is 6.42 Å². The molecule has 112 valence electrons. The van der Waals surface area contributed by atoms with Crippen molar-refractivity contribution in [2.75, 3.05) is 0 Å². The number of benzene rings is 1. The van der Waals surface area contributed by atoms with E-state index in [9.17, 15) is 4.79 Å². The zero-order valence-corrected chi connectivity index (χ0v) is 13.9. The average Bonchev–Trinajstić information content (AvgIpc) is 2.89. The van der Waals surface area contributed by atoms with Gasteiger partial charge in [0.05, 0.1) is 15.6 Å². The first-order chi connectivity index (χ1) is 10.2. The minimum Gasteiger partial charge on any atom is -0.293 e. The van der Waals surface area contributed by atoms with Crippen molar-refractivity contribution in [2.24, 2.45) is 0 Å². The molecule has 0 aliphatic heterocycles. The number of hydrogen-bond acceptors (Lipinski definition) is 3. The first-order valence-electron chi connectivity index (χ1n) is 7.70. The van der Waals surface area contributed by atoms with Crippen LogP contribution >= 0.6 is 11.3 Å². The fourth-order valence-electron chi connectivity index (χ4n) is 2.41. The van der Waals surface area contributed by atoms with Gasteiger partial charge in [-0.15, -0.1) is 11.3 Å². The van der Waals surface area contributed by atoms with E-state index in [-0.39, 0.29) is 5.78 Å². The van der Waals surface area contributed by atoms with Crippen LogP contribution < -0.4 is 0 Å². The third-order valence-corrected chi connectivity index (χ3v) is 4.75. The Kier molecular flexibility index (Phi) is 5.68. The van der Waals surface area contributed by atoms with Crippen LogP contribution in [0.2, 0.25) is 0 Å². The molecule has 3 heteroatoms. The molecule has 0 amide bonds. The van der Waals surface area contributed by atoms with Crippen LogP contribution in [0.15, 0.2) is 30.3 Å². The predicted molar refractivity (Wildman–Crippen MR) is 89.3 cm³/mol. The molecule has 1 atom stereocenters. The van der Waals surface area contributed by atoms with Gasteiger partial charge >= 0.3 is 0 Å². The number of ketones is 1. The highest BCUT2D eigenvalue weighted by Gasteiger charge is 2.28. The van der Waals surface area contributed by atoms with Crippen molar-refractivity contribution in [1.29, 1.82) is 0 Å². The standard InChI is InChI=1S/C14H13NOS.C4H10/c1-9-15-12-7-11(8-13(16)14(12)17-9)10-5-3-2-4-6-10;1-3-4-2/h2-6,11H,7-8H2,1H3;3-4H2,1-2H3. The van der Waals surface area contributed by atoms with Gasteiger partial charge in [-0.25, -0.2) is 4.98 Å². The second-order valence-electron chi connectivity index (χ2n) is 5.45. The van der Waals surface area contributed by atoms with Crippen molar-refractivity contribution in [3.05, 3.63) is 51.5 Å². The van der Waals surface area contributed by atoms with E-state index in [4.69, 9.17) is 0 Å². The van der Waals surface area contributed by atoms with Gasteiger partial charge in [0.25, 0.3) is 0 Å². The Morgan fingerprint density at radius 3 is 2.43 bits per heavy atom. The molecule has 1 heterocycles. The molecule has 2 nitrogen and oxygen atoms in total. The Morgan fingerprint density at radius 2 is 1.81 bits per heavy atom. The largest absolute Gasteiger partial charge is 0.293 e. The summed E-state index contributed by atoms with van der Waals surface area (Å²) < 4.78 is 0. The molecule has 1 unspecified atom stereocenters. The van der Waals surface area contributed by atoms with Crippen molar-refractivity contribution < 1.29 is 4.79 Å². The second kappa shape index (κ2) is 7.51. The zero-order chi connectivity index (χ0) is 15.2. The van der Waals surface area contributed by atoms with Crippen molar-refractivity contribution in [2.45, 2.75) is 52.4 Å². The number of carbonyl (C=O) groups is 1. The Morgan fingerprint density at radius 1 is 1.14 bits per heavy atom. The zero-order valence-electron chi connectivity index (χ0n) is 13.1. The van der Waals surface area contributed by atoms with E-state index in [1.165, 1.54) is 29.7 Å². The molecule has 2 aromatic rings. The van der Waals surface area contributed by atoms with Gasteiger partial charge in [0, 0.05) is 6.42 Å². The first-order valence-corrected chi connectivity index (χ1v) is 8.51. The van der Waals surface area contributed by atoms with Crippen molar-refractivity contribution in [1.82, 2.24) is 4.98 Å². The van der Waals surface area contributed by atoms with E-state index >= 15 is 0 Å². The van der Waals surface area contributed by atoms with Crippen LogP contribution in [0.25, 0.3) is 0 Å². The maximum Gasteiger partial charge on any atom is 0.175 e.